The van der Waals surface area contributed by atoms with E-state index in [1.807, 2.05) is 39.8 Å². The Morgan fingerprint density at radius 2 is 1.44 bits per heavy atom. The molecular weight excluding hydrogens is 318 g/mol. The minimum Gasteiger partial charge on any atom is -0.399 e. The van der Waals surface area contributed by atoms with Gasteiger partial charge in [0.05, 0.1) is 11.2 Å². The fraction of sp³-hybridized carbons (Fsp3) is 0.400. The van der Waals surface area contributed by atoms with Crippen molar-refractivity contribution in [2.24, 2.45) is 0 Å². The molecule has 1 aliphatic rings. The van der Waals surface area contributed by atoms with Gasteiger partial charge in [0, 0.05) is 5.56 Å². The second kappa shape index (κ2) is 5.94. The van der Waals surface area contributed by atoms with E-state index in [1.54, 1.807) is 37.3 Å². The van der Waals surface area contributed by atoms with Crippen LogP contribution in [0.25, 0.3) is 0 Å². The lowest BCUT2D eigenvalue weighted by Gasteiger charge is -2.32. The molecule has 132 valence electrons. The van der Waals surface area contributed by atoms with Crippen molar-refractivity contribution < 1.29 is 18.8 Å². The third-order valence-corrected chi connectivity index (χ3v) is 5.40. The second-order valence-corrected chi connectivity index (χ2v) is 7.76. The van der Waals surface area contributed by atoms with E-state index in [9.17, 15) is 9.50 Å². The Kier molecular flexibility index (Phi) is 4.30. The Morgan fingerprint density at radius 1 is 0.920 bits per heavy atom. The molecule has 2 aromatic rings. The van der Waals surface area contributed by atoms with Crippen LogP contribution in [0.15, 0.2) is 48.5 Å². The van der Waals surface area contributed by atoms with Crippen LogP contribution in [0.5, 0.6) is 0 Å². The first kappa shape index (κ1) is 18.1. The average Bonchev–Trinajstić information content (AvgIpc) is 2.76. The third-order valence-electron chi connectivity index (χ3n) is 5.40. The Morgan fingerprint density at radius 3 is 1.96 bits per heavy atom. The number of hydrogen-bond acceptors (Lipinski definition) is 3. The Balaban J connectivity index is 1.87. The van der Waals surface area contributed by atoms with Crippen LogP contribution >= 0.6 is 0 Å². The molecule has 25 heavy (non-hydrogen) atoms. The maximum absolute atomic E-state index is 14.1. The van der Waals surface area contributed by atoms with Crippen LogP contribution in [0.2, 0.25) is 0 Å². The first-order chi connectivity index (χ1) is 11.5. The van der Waals surface area contributed by atoms with Crippen molar-refractivity contribution in [2.45, 2.75) is 51.4 Å². The van der Waals surface area contributed by atoms with E-state index in [2.05, 4.69) is 0 Å². The summed E-state index contributed by atoms with van der Waals surface area (Å²) in [7, 11) is -0.461. The van der Waals surface area contributed by atoms with Crippen LogP contribution in [0.4, 0.5) is 4.39 Å². The van der Waals surface area contributed by atoms with Gasteiger partial charge in [0.2, 0.25) is 0 Å². The normalized spacial score (nSPS) is 21.2. The summed E-state index contributed by atoms with van der Waals surface area (Å²) in [6.07, 6.45) is 0. The van der Waals surface area contributed by atoms with E-state index in [1.165, 1.54) is 6.07 Å². The van der Waals surface area contributed by atoms with Gasteiger partial charge >= 0.3 is 7.12 Å². The fourth-order valence-electron chi connectivity index (χ4n) is 2.96. The highest BCUT2D eigenvalue weighted by molar-refractivity contribution is 6.62. The molecule has 1 atom stereocenters. The van der Waals surface area contributed by atoms with E-state index >= 15 is 0 Å². The van der Waals surface area contributed by atoms with Gasteiger partial charge in [0.25, 0.3) is 0 Å². The molecule has 2 aromatic carbocycles. The van der Waals surface area contributed by atoms with Gasteiger partial charge in [-0.15, -0.1) is 0 Å². The fourth-order valence-corrected chi connectivity index (χ4v) is 2.96. The van der Waals surface area contributed by atoms with Crippen molar-refractivity contribution in [3.05, 3.63) is 65.5 Å². The topological polar surface area (TPSA) is 38.7 Å². The average molecular weight is 342 g/mol. The predicted molar refractivity (Wildman–Crippen MR) is 97.2 cm³/mol. The Hall–Kier alpha value is -1.69. The van der Waals surface area contributed by atoms with Gasteiger partial charge in [-0.1, -0.05) is 42.5 Å². The van der Waals surface area contributed by atoms with Gasteiger partial charge in [-0.25, -0.2) is 4.39 Å². The summed E-state index contributed by atoms with van der Waals surface area (Å²) < 4.78 is 26.1. The molecule has 0 bridgehead atoms. The smallest absolute Gasteiger partial charge is 0.399 e. The Bertz CT molecular complexity index is 753. The van der Waals surface area contributed by atoms with Crippen LogP contribution in [0, 0.1) is 5.82 Å². The van der Waals surface area contributed by atoms with Crippen LogP contribution in [-0.4, -0.2) is 23.4 Å². The summed E-state index contributed by atoms with van der Waals surface area (Å²) in [6, 6.07) is 13.5. The highest BCUT2D eigenvalue weighted by atomic mass is 19.1. The molecular formula is C20H24BFO3. The molecule has 0 amide bonds. The summed E-state index contributed by atoms with van der Waals surface area (Å²) >= 11 is 0. The molecule has 1 heterocycles. The number of halogens is 1. The Labute approximate surface area is 148 Å². The molecule has 1 saturated heterocycles. The first-order valence-electron chi connectivity index (χ1n) is 8.48. The summed E-state index contributed by atoms with van der Waals surface area (Å²) in [4.78, 5) is 0. The molecule has 0 radical (unpaired) electrons. The summed E-state index contributed by atoms with van der Waals surface area (Å²) in [6.45, 7) is 9.61. The summed E-state index contributed by atoms with van der Waals surface area (Å²) in [5, 5.41) is 10.9. The SMILES string of the molecule is CC(O)(c1ccc(B2OC(C)(C)C(C)(C)O2)cc1)c1ccccc1F. The molecule has 1 aliphatic heterocycles. The molecule has 1 fully saturated rings. The molecule has 1 unspecified atom stereocenters. The first-order valence-corrected chi connectivity index (χ1v) is 8.48. The molecule has 3 rings (SSSR count). The quantitative estimate of drug-likeness (QED) is 0.869. The van der Waals surface area contributed by atoms with Crippen molar-refractivity contribution in [3.8, 4) is 0 Å². The lowest BCUT2D eigenvalue weighted by Crippen LogP contribution is -2.41. The van der Waals surface area contributed by atoms with Gasteiger partial charge < -0.3 is 14.4 Å². The highest BCUT2D eigenvalue weighted by Crippen LogP contribution is 2.37. The second-order valence-electron chi connectivity index (χ2n) is 7.76. The number of benzene rings is 2. The van der Waals surface area contributed by atoms with E-state index in [0.717, 1.165) is 5.46 Å². The van der Waals surface area contributed by atoms with Gasteiger partial charge in [-0.3, -0.25) is 0 Å². The van der Waals surface area contributed by atoms with Crippen molar-refractivity contribution in [1.29, 1.82) is 0 Å². The van der Waals surface area contributed by atoms with E-state index in [-0.39, 0.29) is 5.56 Å². The maximum Gasteiger partial charge on any atom is 0.494 e. The maximum atomic E-state index is 14.1. The van der Waals surface area contributed by atoms with Gasteiger partial charge in [0.1, 0.15) is 11.4 Å². The number of hydrogen-bond donors (Lipinski definition) is 1. The van der Waals surface area contributed by atoms with E-state index in [4.69, 9.17) is 9.31 Å². The van der Waals surface area contributed by atoms with Crippen molar-refractivity contribution in [2.75, 3.05) is 0 Å². The van der Waals surface area contributed by atoms with Gasteiger partial charge in [0.15, 0.2) is 0 Å². The molecule has 0 aromatic heterocycles. The van der Waals surface area contributed by atoms with Gasteiger partial charge in [-0.2, -0.15) is 0 Å². The lowest BCUT2D eigenvalue weighted by molar-refractivity contribution is 0.00578. The highest BCUT2D eigenvalue weighted by Gasteiger charge is 2.51. The zero-order valence-corrected chi connectivity index (χ0v) is 15.3. The summed E-state index contributed by atoms with van der Waals surface area (Å²) in [5.41, 5.74) is -0.507. The lowest BCUT2D eigenvalue weighted by atomic mass is 9.77. The van der Waals surface area contributed by atoms with E-state index in [0.29, 0.717) is 5.56 Å². The predicted octanol–water partition coefficient (Wildman–Crippen LogP) is 3.38. The minimum absolute atomic E-state index is 0.249. The van der Waals surface area contributed by atoms with Crippen molar-refractivity contribution in [3.63, 3.8) is 0 Å². The molecule has 5 heteroatoms. The molecule has 1 N–H and O–H groups in total. The van der Waals surface area contributed by atoms with Crippen molar-refractivity contribution >= 4 is 12.6 Å². The number of rotatable bonds is 3. The number of aliphatic hydroxyl groups is 1. The van der Waals surface area contributed by atoms with Crippen LogP contribution < -0.4 is 5.46 Å². The minimum atomic E-state index is -1.42. The molecule has 3 nitrogen and oxygen atoms in total. The standard InChI is InChI=1S/C20H24BFO3/c1-18(2)19(3,4)25-21(24-18)15-12-10-14(11-13-15)20(5,23)16-8-6-7-9-17(16)22/h6-13,23H,1-5H3. The molecule has 0 spiro atoms. The zero-order valence-electron chi connectivity index (χ0n) is 15.3. The van der Waals surface area contributed by atoms with Gasteiger partial charge in [-0.05, 0) is 51.7 Å². The van der Waals surface area contributed by atoms with Crippen LogP contribution in [-0.2, 0) is 14.9 Å². The molecule has 0 aliphatic carbocycles. The monoisotopic (exact) mass is 342 g/mol. The van der Waals surface area contributed by atoms with Crippen LogP contribution in [0.3, 0.4) is 0 Å². The van der Waals surface area contributed by atoms with Crippen molar-refractivity contribution in [1.82, 2.24) is 0 Å². The molecule has 0 saturated carbocycles. The van der Waals surface area contributed by atoms with Crippen LogP contribution in [0.1, 0.15) is 45.7 Å². The summed E-state index contributed by atoms with van der Waals surface area (Å²) in [5.74, 6) is -0.428. The zero-order chi connectivity index (χ0) is 18.5. The third kappa shape index (κ3) is 3.12. The largest absolute Gasteiger partial charge is 0.494 e. The van der Waals surface area contributed by atoms with E-state index < -0.39 is 29.7 Å².